The Kier molecular flexibility index (Phi) is 6.05. The van der Waals surface area contributed by atoms with Gasteiger partial charge in [-0.2, -0.15) is 10.2 Å². The molecule has 3 aromatic rings. The summed E-state index contributed by atoms with van der Waals surface area (Å²) in [6.07, 6.45) is 9.74. The van der Waals surface area contributed by atoms with Crippen molar-refractivity contribution in [1.82, 2.24) is 34.2 Å². The number of fused-ring (bicyclic) bond motifs is 1. The maximum Gasteiger partial charge on any atom is 0.236 e. The molecule has 0 atom stereocenters. The van der Waals surface area contributed by atoms with Crippen molar-refractivity contribution in [2.75, 3.05) is 50.7 Å². The Bertz CT molecular complexity index is 1110. The smallest absolute Gasteiger partial charge is 0.236 e. The topological polar surface area (TPSA) is 74.8 Å². The molecule has 1 amide bonds. The molecule has 2 aliphatic heterocycles. The van der Waals surface area contributed by atoms with Gasteiger partial charge in [0.2, 0.25) is 5.91 Å². The minimum Gasteiger partial charge on any atom is -0.355 e. The molecule has 9 nitrogen and oxygen atoms in total. The van der Waals surface area contributed by atoms with Crippen LogP contribution in [-0.4, -0.2) is 85.9 Å². The van der Waals surface area contributed by atoms with E-state index in [1.54, 1.807) is 4.68 Å². The molecule has 3 aromatic heterocycles. The van der Waals surface area contributed by atoms with Crippen LogP contribution in [0, 0.1) is 11.8 Å². The van der Waals surface area contributed by atoms with Crippen LogP contribution in [0.2, 0.25) is 0 Å². The lowest BCUT2D eigenvalue weighted by atomic mass is 9.95. The molecule has 0 N–H and O–H groups in total. The van der Waals surface area contributed by atoms with Gasteiger partial charge >= 0.3 is 0 Å². The number of nitrogens with zero attached hydrogens (tertiary/aromatic N) is 8. The van der Waals surface area contributed by atoms with E-state index in [0.29, 0.717) is 18.4 Å². The van der Waals surface area contributed by atoms with E-state index in [2.05, 4.69) is 38.7 Å². The van der Waals surface area contributed by atoms with E-state index in [0.717, 1.165) is 74.7 Å². The van der Waals surface area contributed by atoms with E-state index < -0.39 is 0 Å². The Hall–Kier alpha value is -2.94. The van der Waals surface area contributed by atoms with E-state index in [9.17, 15) is 4.79 Å². The molecule has 2 saturated heterocycles. The number of aromatic nitrogens is 5. The standard InChI is InChI=1S/C24H34N8O/c1-18(2)13-29-10-11-31(23(33)17-29)14-19-5-8-30(9-6-19)24-22-4-7-25-32(22)16-21(27-24)20-12-26-28(3)15-20/h4,7,12,15-16,18-19H,5-6,8-11,13-14,17H2,1-3H3. The molecule has 5 heterocycles. The van der Waals surface area contributed by atoms with E-state index in [-0.39, 0.29) is 5.91 Å². The highest BCUT2D eigenvalue weighted by atomic mass is 16.2. The predicted octanol–water partition coefficient (Wildman–Crippen LogP) is 2.15. The quantitative estimate of drug-likeness (QED) is 0.573. The fourth-order valence-electron chi connectivity index (χ4n) is 5.10. The highest BCUT2D eigenvalue weighted by molar-refractivity contribution is 5.79. The normalized spacial score (nSPS) is 18.7. The average molecular weight is 451 g/mol. The van der Waals surface area contributed by atoms with Crippen LogP contribution in [0.5, 0.6) is 0 Å². The van der Waals surface area contributed by atoms with Gasteiger partial charge in [-0.05, 0) is 30.7 Å². The van der Waals surface area contributed by atoms with Crippen molar-refractivity contribution in [1.29, 1.82) is 0 Å². The summed E-state index contributed by atoms with van der Waals surface area (Å²) in [4.78, 5) is 24.4. The Morgan fingerprint density at radius 3 is 2.61 bits per heavy atom. The lowest BCUT2D eigenvalue weighted by Crippen LogP contribution is -2.52. The van der Waals surface area contributed by atoms with Crippen LogP contribution in [-0.2, 0) is 11.8 Å². The fraction of sp³-hybridized carbons (Fsp3) is 0.583. The van der Waals surface area contributed by atoms with Crippen molar-refractivity contribution in [3.63, 3.8) is 0 Å². The number of hydrogen-bond acceptors (Lipinski definition) is 6. The van der Waals surface area contributed by atoms with Crippen molar-refractivity contribution in [2.24, 2.45) is 18.9 Å². The van der Waals surface area contributed by atoms with E-state index in [1.165, 1.54) is 0 Å². The molecule has 0 bridgehead atoms. The zero-order valence-electron chi connectivity index (χ0n) is 19.9. The summed E-state index contributed by atoms with van der Waals surface area (Å²) in [6, 6.07) is 2.02. The molecule has 33 heavy (non-hydrogen) atoms. The highest BCUT2D eigenvalue weighted by Crippen LogP contribution is 2.29. The molecule has 176 valence electrons. The van der Waals surface area contributed by atoms with Crippen LogP contribution in [0.3, 0.4) is 0 Å². The summed E-state index contributed by atoms with van der Waals surface area (Å²) >= 11 is 0. The molecule has 2 aliphatic rings. The van der Waals surface area contributed by atoms with Crippen LogP contribution in [0.25, 0.3) is 16.8 Å². The second kappa shape index (κ2) is 9.13. The lowest BCUT2D eigenvalue weighted by molar-refractivity contribution is -0.137. The number of hydrogen-bond donors (Lipinski definition) is 0. The molecule has 0 aromatic carbocycles. The van der Waals surface area contributed by atoms with Crippen molar-refractivity contribution in [3.05, 3.63) is 30.9 Å². The minimum atomic E-state index is 0.288. The van der Waals surface area contributed by atoms with E-state index in [1.807, 2.05) is 42.4 Å². The SMILES string of the molecule is CC(C)CN1CCN(CC2CCN(c3nc(-c4cnn(C)c4)cn4nccc34)CC2)C(=O)C1. The van der Waals surface area contributed by atoms with Gasteiger partial charge in [0.05, 0.1) is 30.8 Å². The predicted molar refractivity (Wildman–Crippen MR) is 128 cm³/mol. The van der Waals surface area contributed by atoms with E-state index in [4.69, 9.17) is 4.98 Å². The number of anilines is 1. The van der Waals surface area contributed by atoms with Crippen LogP contribution in [0.4, 0.5) is 5.82 Å². The third-order valence-electron chi connectivity index (χ3n) is 6.78. The first-order chi connectivity index (χ1) is 16.0. The molecule has 9 heteroatoms. The van der Waals surface area contributed by atoms with E-state index >= 15 is 0 Å². The molecule has 5 rings (SSSR count). The summed E-state index contributed by atoms with van der Waals surface area (Å²) in [7, 11) is 1.91. The number of piperidine rings is 1. The van der Waals surface area contributed by atoms with Gasteiger partial charge in [0.15, 0.2) is 5.82 Å². The summed E-state index contributed by atoms with van der Waals surface area (Å²) in [6.45, 7) is 10.6. The molecular formula is C24H34N8O. The van der Waals surface area contributed by atoms with Gasteiger partial charge in [-0.25, -0.2) is 9.50 Å². The molecule has 0 radical (unpaired) electrons. The first kappa shape index (κ1) is 21.9. The molecular weight excluding hydrogens is 416 g/mol. The van der Waals surface area contributed by atoms with Crippen LogP contribution in [0.15, 0.2) is 30.9 Å². The Morgan fingerprint density at radius 1 is 1.09 bits per heavy atom. The van der Waals surface area contributed by atoms with Crippen LogP contribution >= 0.6 is 0 Å². The molecule has 0 unspecified atom stereocenters. The van der Waals surface area contributed by atoms with Gasteiger partial charge in [-0.15, -0.1) is 0 Å². The summed E-state index contributed by atoms with van der Waals surface area (Å²) < 4.78 is 3.70. The average Bonchev–Trinajstić information content (AvgIpc) is 3.44. The van der Waals surface area contributed by atoms with Crippen LogP contribution in [0.1, 0.15) is 26.7 Å². The number of piperazine rings is 1. The third kappa shape index (κ3) is 4.73. The third-order valence-corrected chi connectivity index (χ3v) is 6.78. The molecule has 0 aliphatic carbocycles. The van der Waals surface area contributed by atoms with Gasteiger partial charge in [0, 0.05) is 58.1 Å². The second-order valence-corrected chi connectivity index (χ2v) is 9.91. The molecule has 0 spiro atoms. The number of rotatable bonds is 6. The monoisotopic (exact) mass is 450 g/mol. The second-order valence-electron chi connectivity index (χ2n) is 9.91. The highest BCUT2D eigenvalue weighted by Gasteiger charge is 2.29. The van der Waals surface area contributed by atoms with Gasteiger partial charge < -0.3 is 9.80 Å². The summed E-state index contributed by atoms with van der Waals surface area (Å²) in [5, 5.41) is 8.76. The Labute approximate surface area is 195 Å². The first-order valence-corrected chi connectivity index (χ1v) is 12.0. The fourth-order valence-corrected chi connectivity index (χ4v) is 5.10. The zero-order valence-corrected chi connectivity index (χ0v) is 19.9. The lowest BCUT2D eigenvalue weighted by Gasteiger charge is -2.39. The number of carbonyl (C=O) groups is 1. The summed E-state index contributed by atoms with van der Waals surface area (Å²) in [5.41, 5.74) is 2.89. The minimum absolute atomic E-state index is 0.288. The molecule has 0 saturated carbocycles. The number of carbonyl (C=O) groups excluding carboxylic acids is 1. The van der Waals surface area contributed by atoms with Gasteiger partial charge in [0.25, 0.3) is 0 Å². The molecule has 2 fully saturated rings. The summed E-state index contributed by atoms with van der Waals surface area (Å²) in [5.74, 6) is 2.41. The zero-order chi connectivity index (χ0) is 22.9. The van der Waals surface area contributed by atoms with Crippen molar-refractivity contribution >= 4 is 17.2 Å². The first-order valence-electron chi connectivity index (χ1n) is 12.0. The largest absolute Gasteiger partial charge is 0.355 e. The Balaban J connectivity index is 1.24. The van der Waals surface area contributed by atoms with Gasteiger partial charge in [0.1, 0.15) is 5.52 Å². The Morgan fingerprint density at radius 2 is 1.91 bits per heavy atom. The van der Waals surface area contributed by atoms with Crippen LogP contribution < -0.4 is 4.90 Å². The van der Waals surface area contributed by atoms with Crippen molar-refractivity contribution in [3.8, 4) is 11.3 Å². The van der Waals surface area contributed by atoms with Gasteiger partial charge in [-0.1, -0.05) is 13.8 Å². The number of amides is 1. The van der Waals surface area contributed by atoms with Crippen molar-refractivity contribution < 1.29 is 4.79 Å². The maximum absolute atomic E-state index is 12.7. The van der Waals surface area contributed by atoms with Crippen molar-refractivity contribution in [2.45, 2.75) is 26.7 Å². The van der Waals surface area contributed by atoms with Gasteiger partial charge in [-0.3, -0.25) is 14.4 Å². The number of aryl methyl sites for hydroxylation is 1. The maximum atomic E-state index is 12.7.